The normalized spacial score (nSPS) is 15.4. The second kappa shape index (κ2) is 7.61. The van der Waals surface area contributed by atoms with E-state index in [2.05, 4.69) is 0 Å². The second-order valence-electron chi connectivity index (χ2n) is 8.15. The van der Waals surface area contributed by atoms with Crippen LogP contribution in [0.15, 0.2) is 69.9 Å². The number of nitrogens with zero attached hydrogens (tertiary/aromatic N) is 1. The summed E-state index contributed by atoms with van der Waals surface area (Å²) in [4.78, 5) is 28.7. The van der Waals surface area contributed by atoms with Gasteiger partial charge in [0.2, 0.25) is 5.76 Å². The number of benzene rings is 3. The average Bonchev–Trinajstić information content (AvgIpc) is 3.03. The van der Waals surface area contributed by atoms with Crippen LogP contribution in [0.3, 0.4) is 0 Å². The van der Waals surface area contributed by atoms with Gasteiger partial charge in [-0.3, -0.25) is 9.59 Å². The Labute approximate surface area is 188 Å². The molecule has 0 bridgehead atoms. The number of carbonyl (C=O) groups excluding carboxylic acids is 1. The maximum absolute atomic E-state index is 13.7. The van der Waals surface area contributed by atoms with Crippen molar-refractivity contribution in [3.63, 3.8) is 0 Å². The maximum Gasteiger partial charge on any atom is 0.291 e. The molecule has 4 nitrogen and oxygen atoms in total. The van der Waals surface area contributed by atoms with E-state index in [0.717, 1.165) is 16.7 Å². The fourth-order valence-corrected chi connectivity index (χ4v) is 4.65. The van der Waals surface area contributed by atoms with Gasteiger partial charge in [0.1, 0.15) is 11.4 Å². The van der Waals surface area contributed by atoms with Crippen LogP contribution in [0.4, 0.5) is 4.39 Å². The van der Waals surface area contributed by atoms with Crippen molar-refractivity contribution in [3.05, 3.63) is 115 Å². The number of rotatable bonds is 3. The third-order valence-corrected chi connectivity index (χ3v) is 6.06. The van der Waals surface area contributed by atoms with E-state index in [1.807, 2.05) is 26.0 Å². The van der Waals surface area contributed by atoms with Gasteiger partial charge in [0.15, 0.2) is 5.43 Å². The molecule has 1 aliphatic heterocycles. The summed E-state index contributed by atoms with van der Waals surface area (Å²) >= 11 is 6.24. The number of fused-ring (bicyclic) bond motifs is 2. The van der Waals surface area contributed by atoms with Gasteiger partial charge < -0.3 is 9.32 Å². The first-order valence-electron chi connectivity index (χ1n) is 10.2. The lowest BCUT2D eigenvalue weighted by Crippen LogP contribution is -2.29. The van der Waals surface area contributed by atoms with E-state index in [4.69, 9.17) is 16.0 Å². The lowest BCUT2D eigenvalue weighted by molar-refractivity contribution is 0.0714. The van der Waals surface area contributed by atoms with Gasteiger partial charge in [0.25, 0.3) is 5.91 Å². The first kappa shape index (κ1) is 20.5. The summed E-state index contributed by atoms with van der Waals surface area (Å²) in [5, 5.41) is 0.951. The molecule has 6 heteroatoms. The van der Waals surface area contributed by atoms with Crippen molar-refractivity contribution in [2.75, 3.05) is 0 Å². The van der Waals surface area contributed by atoms with Gasteiger partial charge in [-0.2, -0.15) is 0 Å². The lowest BCUT2D eigenvalue weighted by atomic mass is 9.97. The highest BCUT2D eigenvalue weighted by Crippen LogP contribution is 2.40. The van der Waals surface area contributed by atoms with Crippen LogP contribution in [-0.4, -0.2) is 10.8 Å². The third-order valence-electron chi connectivity index (χ3n) is 5.83. The summed E-state index contributed by atoms with van der Waals surface area (Å²) < 4.78 is 19.5. The molecule has 0 fully saturated rings. The largest absolute Gasteiger partial charge is 0.450 e. The number of carbonyl (C=O) groups is 1. The molecule has 0 N–H and O–H groups in total. The Balaban J connectivity index is 1.75. The summed E-state index contributed by atoms with van der Waals surface area (Å²) in [6.45, 7) is 3.96. The first-order valence-corrected chi connectivity index (χ1v) is 10.6. The second-order valence-corrected chi connectivity index (χ2v) is 8.59. The summed E-state index contributed by atoms with van der Waals surface area (Å²) in [6.07, 6.45) is 0. The van der Waals surface area contributed by atoms with E-state index in [9.17, 15) is 14.0 Å². The summed E-state index contributed by atoms with van der Waals surface area (Å²) in [5.41, 5.74) is 3.68. The first-order chi connectivity index (χ1) is 15.3. The molecule has 3 aromatic carbocycles. The minimum Gasteiger partial charge on any atom is -0.450 e. The molecule has 0 aliphatic carbocycles. The van der Waals surface area contributed by atoms with Gasteiger partial charge in [-0.05, 0) is 66.4 Å². The van der Waals surface area contributed by atoms with E-state index < -0.39 is 6.04 Å². The average molecular weight is 448 g/mol. The molecule has 0 saturated heterocycles. The predicted molar refractivity (Wildman–Crippen MR) is 122 cm³/mol. The lowest BCUT2D eigenvalue weighted by Gasteiger charge is -2.25. The summed E-state index contributed by atoms with van der Waals surface area (Å²) in [7, 11) is 0. The number of amides is 1. The van der Waals surface area contributed by atoms with Gasteiger partial charge in [0.05, 0.1) is 17.0 Å². The van der Waals surface area contributed by atoms with Gasteiger partial charge in [0, 0.05) is 11.6 Å². The Kier molecular flexibility index (Phi) is 4.86. The van der Waals surface area contributed by atoms with Crippen LogP contribution < -0.4 is 5.43 Å². The summed E-state index contributed by atoms with van der Waals surface area (Å²) in [5.74, 6) is -0.695. The van der Waals surface area contributed by atoms with E-state index in [-0.39, 0.29) is 29.5 Å². The van der Waals surface area contributed by atoms with Crippen molar-refractivity contribution in [2.24, 2.45) is 0 Å². The molecular weight excluding hydrogens is 429 g/mol. The van der Waals surface area contributed by atoms with Crippen LogP contribution in [0, 0.1) is 19.7 Å². The minimum absolute atomic E-state index is 0.0431. The van der Waals surface area contributed by atoms with Gasteiger partial charge in [-0.25, -0.2) is 4.39 Å². The number of halogens is 2. The van der Waals surface area contributed by atoms with E-state index in [1.165, 1.54) is 12.1 Å². The quantitative estimate of drug-likeness (QED) is 0.390. The zero-order chi connectivity index (χ0) is 22.6. The van der Waals surface area contributed by atoms with Crippen molar-refractivity contribution in [3.8, 4) is 0 Å². The van der Waals surface area contributed by atoms with Crippen LogP contribution in [0.5, 0.6) is 0 Å². The molecule has 1 unspecified atom stereocenters. The molecular formula is C26H19ClFNO3. The van der Waals surface area contributed by atoms with Gasteiger partial charge >= 0.3 is 0 Å². The molecule has 160 valence electrons. The van der Waals surface area contributed by atoms with Crippen molar-refractivity contribution in [1.29, 1.82) is 0 Å². The topological polar surface area (TPSA) is 50.5 Å². The van der Waals surface area contributed by atoms with Crippen LogP contribution >= 0.6 is 11.6 Å². The van der Waals surface area contributed by atoms with Gasteiger partial charge in [-0.15, -0.1) is 0 Å². The zero-order valence-electron chi connectivity index (χ0n) is 17.5. The van der Waals surface area contributed by atoms with Crippen LogP contribution in [0.25, 0.3) is 11.0 Å². The standard InChI is InChI=1S/C26H19ClFNO3/c1-14-10-15(2)24-20(11-14)23(30)21-22(17-4-3-5-18(27)12-17)29(26(31)25(21)32-24)13-16-6-8-19(28)9-7-16/h3-12,22H,13H2,1-2H3. The highest BCUT2D eigenvalue weighted by molar-refractivity contribution is 6.30. The molecule has 2 heterocycles. The molecule has 0 saturated carbocycles. The van der Waals surface area contributed by atoms with Crippen LogP contribution in [-0.2, 0) is 6.54 Å². The molecule has 0 spiro atoms. The third kappa shape index (κ3) is 3.30. The molecule has 0 radical (unpaired) electrons. The number of aryl methyl sites for hydroxylation is 2. The Morgan fingerprint density at radius 1 is 1.03 bits per heavy atom. The van der Waals surface area contributed by atoms with Crippen molar-refractivity contribution in [1.82, 2.24) is 4.90 Å². The molecule has 1 aliphatic rings. The number of hydrogen-bond donors (Lipinski definition) is 0. The molecule has 1 atom stereocenters. The van der Waals surface area contributed by atoms with Crippen LogP contribution in [0.2, 0.25) is 5.02 Å². The van der Waals surface area contributed by atoms with E-state index >= 15 is 0 Å². The Morgan fingerprint density at radius 3 is 2.50 bits per heavy atom. The maximum atomic E-state index is 13.7. The summed E-state index contributed by atoms with van der Waals surface area (Å²) in [6, 6.07) is 16.1. The van der Waals surface area contributed by atoms with Crippen LogP contribution in [0.1, 0.15) is 44.4 Å². The highest BCUT2D eigenvalue weighted by atomic mass is 35.5. The van der Waals surface area contributed by atoms with E-state index in [0.29, 0.717) is 27.1 Å². The molecule has 32 heavy (non-hydrogen) atoms. The Bertz CT molecular complexity index is 1440. The fourth-order valence-electron chi connectivity index (χ4n) is 4.45. The SMILES string of the molecule is Cc1cc(C)c2oc3c(c(=O)c2c1)C(c1cccc(Cl)c1)N(Cc1ccc(F)cc1)C3=O. The van der Waals surface area contributed by atoms with E-state index in [1.54, 1.807) is 41.3 Å². The Morgan fingerprint density at radius 2 is 1.78 bits per heavy atom. The molecule has 1 amide bonds. The van der Waals surface area contributed by atoms with Crippen molar-refractivity contribution in [2.45, 2.75) is 26.4 Å². The minimum atomic E-state index is -0.664. The van der Waals surface area contributed by atoms with Crippen molar-refractivity contribution >= 4 is 28.5 Å². The van der Waals surface area contributed by atoms with Crippen molar-refractivity contribution < 1.29 is 13.6 Å². The fraction of sp³-hybridized carbons (Fsp3) is 0.154. The Hall–Kier alpha value is -3.44. The monoisotopic (exact) mass is 447 g/mol. The molecule has 4 aromatic rings. The van der Waals surface area contributed by atoms with Gasteiger partial charge in [-0.1, -0.05) is 41.9 Å². The zero-order valence-corrected chi connectivity index (χ0v) is 18.2. The number of hydrogen-bond acceptors (Lipinski definition) is 3. The predicted octanol–water partition coefficient (Wildman–Crippen LogP) is 5.95. The highest BCUT2D eigenvalue weighted by Gasteiger charge is 2.42. The molecule has 5 rings (SSSR count). The molecule has 1 aromatic heterocycles. The smallest absolute Gasteiger partial charge is 0.291 e.